The number of alkyl halides is 3. The first kappa shape index (κ1) is 24.5. The van der Waals surface area contributed by atoms with Gasteiger partial charge in [-0.3, -0.25) is 14.7 Å². The molecule has 2 saturated heterocycles. The number of methoxy groups -OCH3 is 1. The molecule has 2 aromatic rings. The highest BCUT2D eigenvalue weighted by atomic mass is 19.4. The average molecular weight is 465 g/mol. The minimum Gasteiger partial charge on any atom is -0.497 e. The Bertz CT molecular complexity index is 924. The molecule has 0 bridgehead atoms. The van der Waals surface area contributed by atoms with Crippen LogP contribution in [0.1, 0.15) is 11.1 Å². The number of amides is 1. The number of nitrogens with zero attached hydrogens (tertiary/aromatic N) is 3. The number of aromatic nitrogens is 1. The molecule has 4 rings (SSSR count). The van der Waals surface area contributed by atoms with Gasteiger partial charge in [0.15, 0.2) is 0 Å². The van der Waals surface area contributed by atoms with Gasteiger partial charge in [0.05, 0.1) is 13.5 Å². The van der Waals surface area contributed by atoms with Crippen molar-refractivity contribution < 1.29 is 32.6 Å². The zero-order valence-corrected chi connectivity index (χ0v) is 18.2. The second-order valence-electron chi connectivity index (χ2n) is 8.20. The van der Waals surface area contributed by atoms with Crippen LogP contribution in [-0.2, 0) is 22.6 Å². The molecule has 2 aliphatic rings. The maximum absolute atomic E-state index is 12.6. The molecule has 33 heavy (non-hydrogen) atoms. The van der Waals surface area contributed by atoms with Crippen molar-refractivity contribution >= 4 is 11.9 Å². The van der Waals surface area contributed by atoms with E-state index >= 15 is 0 Å². The van der Waals surface area contributed by atoms with Gasteiger partial charge < -0.3 is 14.7 Å². The number of carboxylic acid groups (broad SMARTS) is 1. The molecule has 1 aromatic carbocycles. The summed E-state index contributed by atoms with van der Waals surface area (Å²) in [5.74, 6) is -0.487. The summed E-state index contributed by atoms with van der Waals surface area (Å²) >= 11 is 0. The summed E-state index contributed by atoms with van der Waals surface area (Å²) in [5, 5.41) is 7.12. The second kappa shape index (κ2) is 10.7. The number of carbonyl (C=O) groups excluding carboxylic acids is 1. The summed E-state index contributed by atoms with van der Waals surface area (Å²) in [6.45, 7) is 4.89. The number of hydrogen-bond acceptors (Lipinski definition) is 5. The molecule has 0 saturated carbocycles. The Morgan fingerprint density at radius 3 is 2.15 bits per heavy atom. The number of carbonyl (C=O) groups is 2. The van der Waals surface area contributed by atoms with E-state index in [1.807, 2.05) is 42.7 Å². The number of pyridine rings is 1. The van der Waals surface area contributed by atoms with Crippen molar-refractivity contribution in [3.8, 4) is 5.75 Å². The van der Waals surface area contributed by atoms with Crippen LogP contribution >= 0.6 is 0 Å². The summed E-state index contributed by atoms with van der Waals surface area (Å²) in [6.07, 6.45) is -0.851. The molecule has 2 atom stereocenters. The van der Waals surface area contributed by atoms with E-state index in [2.05, 4.69) is 20.9 Å². The number of benzene rings is 1. The van der Waals surface area contributed by atoms with Crippen LogP contribution in [0.5, 0.6) is 5.75 Å². The fourth-order valence-electron chi connectivity index (χ4n) is 4.20. The van der Waals surface area contributed by atoms with E-state index in [0.717, 1.165) is 44.0 Å². The second-order valence-corrected chi connectivity index (χ2v) is 8.20. The van der Waals surface area contributed by atoms with Gasteiger partial charge in [0, 0.05) is 45.1 Å². The maximum Gasteiger partial charge on any atom is 0.490 e. The molecule has 178 valence electrons. The van der Waals surface area contributed by atoms with Gasteiger partial charge in [-0.2, -0.15) is 13.2 Å². The molecule has 7 nitrogen and oxygen atoms in total. The number of carboxylic acids is 1. The molecule has 1 N–H and O–H groups in total. The first-order valence-electron chi connectivity index (χ1n) is 10.5. The smallest absolute Gasteiger partial charge is 0.490 e. The third kappa shape index (κ3) is 6.92. The molecule has 0 aliphatic carbocycles. The fourth-order valence-corrected chi connectivity index (χ4v) is 4.20. The minimum atomic E-state index is -5.08. The summed E-state index contributed by atoms with van der Waals surface area (Å²) in [5.41, 5.74) is 2.31. The Hall–Kier alpha value is -3.14. The van der Waals surface area contributed by atoms with Crippen molar-refractivity contribution in [3.63, 3.8) is 0 Å². The highest BCUT2D eigenvalue weighted by Crippen LogP contribution is 2.32. The van der Waals surface area contributed by atoms with Gasteiger partial charge in [0.2, 0.25) is 5.91 Å². The predicted octanol–water partition coefficient (Wildman–Crippen LogP) is 2.86. The monoisotopic (exact) mass is 465 g/mol. The first-order valence-corrected chi connectivity index (χ1v) is 10.5. The molecule has 0 radical (unpaired) electrons. The molecular formula is C23H26F3N3O4. The van der Waals surface area contributed by atoms with Crippen LogP contribution in [0.25, 0.3) is 0 Å². The van der Waals surface area contributed by atoms with E-state index in [0.29, 0.717) is 18.3 Å². The molecule has 0 spiro atoms. The summed E-state index contributed by atoms with van der Waals surface area (Å²) in [6, 6.07) is 11.9. The third-order valence-corrected chi connectivity index (χ3v) is 5.80. The van der Waals surface area contributed by atoms with E-state index < -0.39 is 12.1 Å². The fraction of sp³-hybridized carbons (Fsp3) is 0.435. The van der Waals surface area contributed by atoms with Crippen molar-refractivity contribution in [2.24, 2.45) is 11.8 Å². The predicted molar refractivity (Wildman–Crippen MR) is 113 cm³/mol. The van der Waals surface area contributed by atoms with Crippen LogP contribution in [0.4, 0.5) is 13.2 Å². The zero-order valence-electron chi connectivity index (χ0n) is 18.2. The van der Waals surface area contributed by atoms with Gasteiger partial charge in [-0.05, 0) is 41.2 Å². The average Bonchev–Trinajstić information content (AvgIpc) is 3.33. The normalized spacial score (nSPS) is 20.1. The van der Waals surface area contributed by atoms with E-state index in [1.54, 1.807) is 7.11 Å². The number of hydrogen-bond donors (Lipinski definition) is 1. The van der Waals surface area contributed by atoms with Crippen LogP contribution in [-0.4, -0.2) is 71.2 Å². The largest absolute Gasteiger partial charge is 0.497 e. The Labute approximate surface area is 189 Å². The van der Waals surface area contributed by atoms with E-state index in [1.165, 1.54) is 5.56 Å². The van der Waals surface area contributed by atoms with Gasteiger partial charge in [0.1, 0.15) is 5.75 Å². The Morgan fingerprint density at radius 2 is 1.67 bits per heavy atom. The lowest BCUT2D eigenvalue weighted by Crippen LogP contribution is -2.34. The molecule has 1 aromatic heterocycles. The highest BCUT2D eigenvalue weighted by molar-refractivity contribution is 5.79. The van der Waals surface area contributed by atoms with Gasteiger partial charge >= 0.3 is 12.1 Å². The van der Waals surface area contributed by atoms with Crippen molar-refractivity contribution in [3.05, 3.63) is 59.9 Å². The van der Waals surface area contributed by atoms with E-state index in [-0.39, 0.29) is 5.91 Å². The molecule has 3 heterocycles. The lowest BCUT2D eigenvalue weighted by atomic mass is 10.0. The molecule has 1 amide bonds. The van der Waals surface area contributed by atoms with Crippen molar-refractivity contribution in [1.82, 2.24) is 14.8 Å². The Balaban J connectivity index is 0.000000383. The highest BCUT2D eigenvalue weighted by Gasteiger charge is 2.41. The van der Waals surface area contributed by atoms with Crippen LogP contribution in [0.3, 0.4) is 0 Å². The van der Waals surface area contributed by atoms with Gasteiger partial charge in [0.25, 0.3) is 0 Å². The number of rotatable bonds is 5. The lowest BCUT2D eigenvalue weighted by molar-refractivity contribution is -0.192. The Kier molecular flexibility index (Phi) is 7.91. The van der Waals surface area contributed by atoms with Crippen LogP contribution < -0.4 is 4.74 Å². The standard InChI is InChI=1S/C21H25N3O2.C2HF3O2/c1-26-20-6-4-16(5-7-20)9-21(25)24-14-18-12-23(13-19(18)15-24)11-17-3-2-8-22-10-17;3-2(4,5)1(6)7/h2-8,10,18-19H,9,11-15H2,1H3;(H,6,7)/t18-,19+;. The van der Waals surface area contributed by atoms with Crippen molar-refractivity contribution in [2.45, 2.75) is 19.1 Å². The van der Waals surface area contributed by atoms with Crippen LogP contribution in [0.15, 0.2) is 48.8 Å². The van der Waals surface area contributed by atoms with E-state index in [4.69, 9.17) is 14.6 Å². The summed E-state index contributed by atoms with van der Waals surface area (Å²) < 4.78 is 36.9. The molecular weight excluding hydrogens is 439 g/mol. The Morgan fingerprint density at radius 1 is 1.06 bits per heavy atom. The molecule has 2 aliphatic heterocycles. The SMILES string of the molecule is COc1ccc(CC(=O)N2C[C@H]3CN(Cc4cccnc4)C[C@H]3C2)cc1.O=C(O)C(F)(F)F. The molecule has 0 unspecified atom stereocenters. The number of halogens is 3. The zero-order chi connectivity index (χ0) is 24.0. The molecule has 10 heteroatoms. The van der Waals surface area contributed by atoms with E-state index in [9.17, 15) is 18.0 Å². The topological polar surface area (TPSA) is 83.0 Å². The van der Waals surface area contributed by atoms with Gasteiger partial charge in [-0.1, -0.05) is 18.2 Å². The third-order valence-electron chi connectivity index (χ3n) is 5.80. The minimum absolute atomic E-state index is 0.239. The maximum atomic E-state index is 12.6. The summed E-state index contributed by atoms with van der Waals surface area (Å²) in [7, 11) is 1.65. The van der Waals surface area contributed by atoms with Crippen molar-refractivity contribution in [2.75, 3.05) is 33.3 Å². The van der Waals surface area contributed by atoms with Crippen molar-refractivity contribution in [1.29, 1.82) is 0 Å². The van der Waals surface area contributed by atoms with Crippen LogP contribution in [0, 0.1) is 11.8 Å². The lowest BCUT2D eigenvalue weighted by Gasteiger charge is -2.21. The first-order chi connectivity index (χ1) is 15.7. The summed E-state index contributed by atoms with van der Waals surface area (Å²) in [4.78, 5) is 30.3. The number of likely N-dealkylation sites (tertiary alicyclic amines) is 2. The van der Waals surface area contributed by atoms with Gasteiger partial charge in [-0.15, -0.1) is 0 Å². The van der Waals surface area contributed by atoms with Gasteiger partial charge in [-0.25, -0.2) is 4.79 Å². The number of fused-ring (bicyclic) bond motifs is 1. The van der Waals surface area contributed by atoms with Crippen LogP contribution in [0.2, 0.25) is 0 Å². The number of ether oxygens (including phenoxy) is 1. The number of aliphatic carboxylic acids is 1. The quantitative estimate of drug-likeness (QED) is 0.731. The molecule has 2 fully saturated rings.